The lowest BCUT2D eigenvalue weighted by atomic mass is 10.0. The summed E-state index contributed by atoms with van der Waals surface area (Å²) < 4.78 is 21.3. The molecule has 2 atom stereocenters. The maximum atomic E-state index is 15.6. The summed E-state index contributed by atoms with van der Waals surface area (Å²) in [6.07, 6.45) is 5.09. The second kappa shape index (κ2) is 14.9. The Morgan fingerprint density at radius 2 is 1.90 bits per heavy atom. The van der Waals surface area contributed by atoms with Gasteiger partial charge < -0.3 is 25.8 Å². The number of likely N-dealkylation sites (tertiary alicyclic amines) is 1. The van der Waals surface area contributed by atoms with Crippen molar-refractivity contribution in [3.63, 3.8) is 0 Å². The topological polar surface area (TPSA) is 129 Å². The van der Waals surface area contributed by atoms with Gasteiger partial charge in [0.2, 0.25) is 5.91 Å². The first-order valence-corrected chi connectivity index (χ1v) is 16.4. The van der Waals surface area contributed by atoms with Crippen LogP contribution >= 0.6 is 23.2 Å². The third-order valence-electron chi connectivity index (χ3n) is 8.77. The molecule has 0 radical (unpaired) electrons. The van der Waals surface area contributed by atoms with Gasteiger partial charge in [0.15, 0.2) is 11.6 Å². The van der Waals surface area contributed by atoms with Gasteiger partial charge in [0.1, 0.15) is 5.75 Å². The Morgan fingerprint density at radius 1 is 1.08 bits per heavy atom. The summed E-state index contributed by atoms with van der Waals surface area (Å²) in [7, 11) is 1.61. The number of halogens is 3. The standard InChI is InChI=1S/C35H35Cl2FN6O4/c1-48-28-15-20(5-6-21(28)16-39-17-24-7-8-29(45)42-24)33-31(37)26(10-13-40-33)25-3-2-4-27(30(25)36)43-34-32(38)22(9-12-41-34)18-44-14-11-23(19-44)35(46)47/h2-6,9-10,12-13,15,23-24,39H,7-8,11,14,16-19H2,1H3,(H,41,43)(H,42,45)(H,46,47)/t23-,24-/m0/s1. The van der Waals surface area contributed by atoms with E-state index in [2.05, 4.69) is 25.9 Å². The van der Waals surface area contributed by atoms with E-state index < -0.39 is 17.7 Å². The molecule has 1 amide bonds. The van der Waals surface area contributed by atoms with Crippen LogP contribution in [0.5, 0.6) is 5.75 Å². The summed E-state index contributed by atoms with van der Waals surface area (Å²) in [5.41, 5.74) is 4.36. The highest BCUT2D eigenvalue weighted by Gasteiger charge is 2.29. The number of carboxylic acid groups (broad SMARTS) is 1. The Hall–Kier alpha value is -4.29. The molecule has 6 rings (SSSR count). The molecule has 2 saturated heterocycles. The maximum absolute atomic E-state index is 15.6. The molecular weight excluding hydrogens is 658 g/mol. The lowest BCUT2D eigenvalue weighted by Gasteiger charge is -2.18. The molecule has 13 heteroatoms. The Kier molecular flexibility index (Phi) is 10.4. The molecule has 4 heterocycles. The van der Waals surface area contributed by atoms with Crippen LogP contribution in [-0.4, -0.2) is 64.6 Å². The van der Waals surface area contributed by atoms with E-state index in [0.717, 1.165) is 17.5 Å². The Morgan fingerprint density at radius 3 is 2.65 bits per heavy atom. The van der Waals surface area contributed by atoms with Crippen LogP contribution in [-0.2, 0) is 22.7 Å². The van der Waals surface area contributed by atoms with Gasteiger partial charge in [-0.1, -0.05) is 47.5 Å². The van der Waals surface area contributed by atoms with Gasteiger partial charge in [0.05, 0.1) is 34.5 Å². The van der Waals surface area contributed by atoms with E-state index in [9.17, 15) is 14.7 Å². The van der Waals surface area contributed by atoms with Crippen molar-refractivity contribution in [1.29, 1.82) is 0 Å². The minimum Gasteiger partial charge on any atom is -0.496 e. The van der Waals surface area contributed by atoms with Crippen LogP contribution in [0.1, 0.15) is 30.4 Å². The van der Waals surface area contributed by atoms with E-state index in [4.69, 9.17) is 27.9 Å². The van der Waals surface area contributed by atoms with Gasteiger partial charge >= 0.3 is 5.97 Å². The fourth-order valence-electron chi connectivity index (χ4n) is 6.18. The van der Waals surface area contributed by atoms with Crippen molar-refractivity contribution < 1.29 is 23.8 Å². The zero-order valence-electron chi connectivity index (χ0n) is 26.2. The largest absolute Gasteiger partial charge is 0.496 e. The third-order valence-corrected chi connectivity index (χ3v) is 9.56. The number of nitrogens with zero attached hydrogens (tertiary/aromatic N) is 3. The molecule has 0 aliphatic carbocycles. The molecule has 2 aromatic carbocycles. The Bertz CT molecular complexity index is 1840. The lowest BCUT2D eigenvalue weighted by Crippen LogP contribution is -2.35. The number of pyridine rings is 2. The van der Waals surface area contributed by atoms with E-state index in [1.165, 1.54) is 6.20 Å². The van der Waals surface area contributed by atoms with Crippen LogP contribution in [0.2, 0.25) is 10.0 Å². The number of amides is 1. The second-order valence-electron chi connectivity index (χ2n) is 12.0. The molecule has 2 fully saturated rings. The van der Waals surface area contributed by atoms with E-state index in [1.54, 1.807) is 37.6 Å². The minimum absolute atomic E-state index is 0.0108. The Labute approximate surface area is 287 Å². The molecule has 250 valence electrons. The van der Waals surface area contributed by atoms with Crippen LogP contribution in [0.4, 0.5) is 15.9 Å². The van der Waals surface area contributed by atoms with Gasteiger partial charge in [-0.3, -0.25) is 19.5 Å². The quantitative estimate of drug-likeness (QED) is 0.136. The number of nitrogens with one attached hydrogen (secondary N) is 3. The van der Waals surface area contributed by atoms with Gasteiger partial charge in [-0.15, -0.1) is 0 Å². The fraction of sp³-hybridized carbons (Fsp3) is 0.314. The predicted molar refractivity (Wildman–Crippen MR) is 183 cm³/mol. The number of hydrogen-bond donors (Lipinski definition) is 4. The van der Waals surface area contributed by atoms with Crippen molar-refractivity contribution in [2.24, 2.45) is 5.92 Å². The number of methoxy groups -OCH3 is 1. The van der Waals surface area contributed by atoms with Crippen LogP contribution in [0.15, 0.2) is 60.9 Å². The number of hydrogen-bond acceptors (Lipinski definition) is 8. The monoisotopic (exact) mass is 692 g/mol. The number of carboxylic acids is 1. The molecule has 10 nitrogen and oxygen atoms in total. The zero-order valence-corrected chi connectivity index (χ0v) is 27.7. The molecule has 0 saturated carbocycles. The van der Waals surface area contributed by atoms with Crippen LogP contribution < -0.4 is 20.7 Å². The first kappa shape index (κ1) is 33.6. The van der Waals surface area contributed by atoms with Crippen molar-refractivity contribution >= 4 is 46.6 Å². The van der Waals surface area contributed by atoms with Crippen molar-refractivity contribution in [2.45, 2.75) is 38.4 Å². The fourth-order valence-corrected chi connectivity index (χ4v) is 6.78. The molecule has 48 heavy (non-hydrogen) atoms. The van der Waals surface area contributed by atoms with E-state index in [0.29, 0.717) is 82.9 Å². The van der Waals surface area contributed by atoms with Gasteiger partial charge in [-0.2, -0.15) is 0 Å². The van der Waals surface area contributed by atoms with Crippen molar-refractivity contribution in [3.05, 3.63) is 87.9 Å². The summed E-state index contributed by atoms with van der Waals surface area (Å²) in [5, 5.41) is 19.4. The smallest absolute Gasteiger partial charge is 0.307 e. The van der Waals surface area contributed by atoms with E-state index in [-0.39, 0.29) is 24.3 Å². The molecule has 2 aliphatic rings. The molecule has 4 N–H and O–H groups in total. The van der Waals surface area contributed by atoms with Gasteiger partial charge in [-0.25, -0.2) is 9.37 Å². The summed E-state index contributed by atoms with van der Waals surface area (Å²) in [4.78, 5) is 33.5. The highest BCUT2D eigenvalue weighted by Crippen LogP contribution is 2.42. The summed E-state index contributed by atoms with van der Waals surface area (Å²) in [6.45, 7) is 2.47. The molecule has 2 aromatic heterocycles. The Balaban J connectivity index is 1.20. The number of carbonyl (C=O) groups excluding carboxylic acids is 1. The van der Waals surface area contributed by atoms with E-state index >= 15 is 4.39 Å². The number of anilines is 2. The second-order valence-corrected chi connectivity index (χ2v) is 12.7. The van der Waals surface area contributed by atoms with Gasteiger partial charge in [-0.05, 0) is 43.7 Å². The number of ether oxygens (including phenoxy) is 1. The maximum Gasteiger partial charge on any atom is 0.307 e. The molecule has 0 unspecified atom stereocenters. The van der Waals surface area contributed by atoms with Crippen molar-refractivity contribution in [2.75, 3.05) is 32.1 Å². The highest BCUT2D eigenvalue weighted by atomic mass is 35.5. The number of carbonyl (C=O) groups is 2. The summed E-state index contributed by atoms with van der Waals surface area (Å²) in [5.74, 6) is -1.04. The third kappa shape index (κ3) is 7.39. The van der Waals surface area contributed by atoms with Gasteiger partial charge in [0, 0.05) is 78.9 Å². The number of aromatic nitrogens is 2. The van der Waals surface area contributed by atoms with Crippen LogP contribution in [0, 0.1) is 11.7 Å². The SMILES string of the molecule is COc1cc(-c2nccc(-c3cccc(Nc4nccc(CN5CC[C@H](C(=O)O)C5)c4F)c3Cl)c2Cl)ccc1CNC[C@@H]1CCC(=O)N1. The van der Waals surface area contributed by atoms with Crippen molar-refractivity contribution in [3.8, 4) is 28.1 Å². The average Bonchev–Trinajstić information content (AvgIpc) is 3.73. The highest BCUT2D eigenvalue weighted by molar-refractivity contribution is 6.39. The summed E-state index contributed by atoms with van der Waals surface area (Å²) >= 11 is 13.9. The molecule has 2 aliphatic heterocycles. The first-order chi connectivity index (χ1) is 23.2. The lowest BCUT2D eigenvalue weighted by molar-refractivity contribution is -0.141. The van der Waals surface area contributed by atoms with Crippen LogP contribution in [0.3, 0.4) is 0 Å². The number of benzene rings is 2. The normalized spacial score (nSPS) is 17.8. The predicted octanol–water partition coefficient (Wildman–Crippen LogP) is 6.28. The molecular formula is C35H35Cl2FN6O4. The molecule has 0 bridgehead atoms. The van der Waals surface area contributed by atoms with Gasteiger partial charge in [0.25, 0.3) is 0 Å². The van der Waals surface area contributed by atoms with Crippen LogP contribution in [0.25, 0.3) is 22.4 Å². The molecule has 4 aromatic rings. The number of aliphatic carboxylic acids is 1. The molecule has 0 spiro atoms. The van der Waals surface area contributed by atoms with Crippen molar-refractivity contribution in [1.82, 2.24) is 25.5 Å². The minimum atomic E-state index is -0.833. The summed E-state index contributed by atoms with van der Waals surface area (Å²) in [6, 6.07) is 14.6. The average molecular weight is 694 g/mol. The zero-order chi connectivity index (χ0) is 33.8. The number of rotatable bonds is 12. The van der Waals surface area contributed by atoms with E-state index in [1.807, 2.05) is 29.2 Å². The first-order valence-electron chi connectivity index (χ1n) is 15.7.